The Labute approximate surface area is 124 Å². The highest BCUT2D eigenvalue weighted by atomic mass is 16.8. The van der Waals surface area contributed by atoms with Crippen LogP contribution in [-0.4, -0.2) is 55.3 Å². The summed E-state index contributed by atoms with van der Waals surface area (Å²) in [6.45, 7) is 3.44. The van der Waals surface area contributed by atoms with E-state index in [1.807, 2.05) is 13.8 Å². The van der Waals surface area contributed by atoms with Gasteiger partial charge < -0.3 is 24.3 Å². The van der Waals surface area contributed by atoms with Crippen LogP contribution in [0.15, 0.2) is 17.4 Å². The lowest BCUT2D eigenvalue weighted by molar-refractivity contribution is -0.199. The van der Waals surface area contributed by atoms with Crippen LogP contribution in [0.2, 0.25) is 0 Å². The number of aliphatic hydroxyl groups excluding tert-OH is 1. The molecule has 9 nitrogen and oxygen atoms in total. The van der Waals surface area contributed by atoms with Crippen LogP contribution < -0.4 is 5.56 Å². The van der Waals surface area contributed by atoms with Gasteiger partial charge in [0.1, 0.15) is 18.3 Å². The average Bonchev–Trinajstić information content (AvgIpc) is 3.10. The first kappa shape index (κ1) is 13.8. The quantitative estimate of drug-likeness (QED) is 0.771. The van der Waals surface area contributed by atoms with Gasteiger partial charge in [0.15, 0.2) is 23.2 Å². The molecular formula is C13H16N4O5. The summed E-state index contributed by atoms with van der Waals surface area (Å²) in [5.74, 6) is -0.758. The second-order valence-electron chi connectivity index (χ2n) is 5.87. The number of aromatic amines is 1. The largest absolute Gasteiger partial charge is 0.394 e. The highest BCUT2D eigenvalue weighted by molar-refractivity contribution is 5.68. The molecule has 0 saturated carbocycles. The summed E-state index contributed by atoms with van der Waals surface area (Å²) in [6, 6.07) is 0. The van der Waals surface area contributed by atoms with E-state index in [0.717, 1.165) is 0 Å². The van der Waals surface area contributed by atoms with Gasteiger partial charge in [0.05, 0.1) is 19.3 Å². The van der Waals surface area contributed by atoms with Crippen LogP contribution in [0.5, 0.6) is 0 Å². The number of aliphatic hydroxyl groups is 1. The van der Waals surface area contributed by atoms with Crippen molar-refractivity contribution in [1.82, 2.24) is 19.5 Å². The third-order valence-corrected chi connectivity index (χ3v) is 3.94. The normalized spacial score (nSPS) is 33.4. The second-order valence-corrected chi connectivity index (χ2v) is 5.87. The number of aromatic nitrogens is 4. The summed E-state index contributed by atoms with van der Waals surface area (Å²) in [4.78, 5) is 22.5. The van der Waals surface area contributed by atoms with Gasteiger partial charge >= 0.3 is 0 Å². The molecule has 0 spiro atoms. The first-order valence-electron chi connectivity index (χ1n) is 7.02. The van der Waals surface area contributed by atoms with Gasteiger partial charge in [-0.1, -0.05) is 0 Å². The standard InChI is InChI=1S/C13H16N4O5/c1-13(2)21-8-6(3-18)20-12(9(8)22-13)17-5-16-7-10(17)14-4-15-11(7)19/h4-6,8-9,12,18H,3H2,1-2H3,(H,14,15,19)/t6-,8-,9+,12-/m0/s1. The maximum atomic E-state index is 11.8. The van der Waals surface area contributed by atoms with Crippen molar-refractivity contribution in [2.24, 2.45) is 0 Å². The fraction of sp³-hybridized carbons (Fsp3) is 0.615. The predicted octanol–water partition coefficient (Wildman–Crippen LogP) is -0.471. The fourth-order valence-electron chi connectivity index (χ4n) is 3.08. The van der Waals surface area contributed by atoms with E-state index in [1.54, 1.807) is 4.57 Å². The molecule has 0 aliphatic carbocycles. The molecular weight excluding hydrogens is 292 g/mol. The minimum atomic E-state index is -0.758. The van der Waals surface area contributed by atoms with Crippen LogP contribution in [0.1, 0.15) is 20.1 Å². The van der Waals surface area contributed by atoms with E-state index in [1.165, 1.54) is 12.7 Å². The highest BCUT2D eigenvalue weighted by Gasteiger charge is 2.55. The maximum Gasteiger partial charge on any atom is 0.278 e. The molecule has 9 heteroatoms. The molecule has 2 N–H and O–H groups in total. The van der Waals surface area contributed by atoms with Crippen LogP contribution in [-0.2, 0) is 14.2 Å². The molecule has 22 heavy (non-hydrogen) atoms. The Bertz CT molecular complexity index is 769. The summed E-state index contributed by atoms with van der Waals surface area (Å²) in [5.41, 5.74) is 0.314. The van der Waals surface area contributed by atoms with E-state index in [2.05, 4.69) is 15.0 Å². The number of nitrogens with zero attached hydrogens (tertiary/aromatic N) is 3. The molecule has 0 radical (unpaired) electrons. The first-order valence-corrected chi connectivity index (χ1v) is 7.02. The van der Waals surface area contributed by atoms with Crippen LogP contribution in [0.4, 0.5) is 0 Å². The van der Waals surface area contributed by atoms with Crippen molar-refractivity contribution in [2.75, 3.05) is 6.61 Å². The number of hydrogen-bond donors (Lipinski definition) is 2. The third-order valence-electron chi connectivity index (χ3n) is 3.94. The third kappa shape index (κ3) is 1.90. The zero-order valence-corrected chi connectivity index (χ0v) is 12.1. The average molecular weight is 308 g/mol. The maximum absolute atomic E-state index is 11.8. The van der Waals surface area contributed by atoms with Gasteiger partial charge in [-0.25, -0.2) is 9.97 Å². The number of nitrogens with one attached hydrogen (secondary N) is 1. The Morgan fingerprint density at radius 3 is 2.91 bits per heavy atom. The van der Waals surface area contributed by atoms with Gasteiger partial charge in [-0.2, -0.15) is 0 Å². The van der Waals surface area contributed by atoms with Crippen molar-refractivity contribution in [3.8, 4) is 0 Å². The van der Waals surface area contributed by atoms with Gasteiger partial charge in [-0.05, 0) is 13.8 Å². The molecule has 4 atom stereocenters. The van der Waals surface area contributed by atoms with Crippen LogP contribution in [0.3, 0.4) is 0 Å². The Balaban J connectivity index is 1.78. The minimum Gasteiger partial charge on any atom is -0.394 e. The van der Waals surface area contributed by atoms with Crippen LogP contribution in [0, 0.1) is 0 Å². The number of hydrogen-bond acceptors (Lipinski definition) is 7. The van der Waals surface area contributed by atoms with Crippen molar-refractivity contribution >= 4 is 11.2 Å². The molecule has 2 fully saturated rings. The molecule has 2 saturated heterocycles. The smallest absolute Gasteiger partial charge is 0.278 e. The van der Waals surface area contributed by atoms with E-state index < -0.39 is 24.2 Å². The summed E-state index contributed by atoms with van der Waals surface area (Å²) < 4.78 is 19.2. The summed E-state index contributed by atoms with van der Waals surface area (Å²) in [5, 5.41) is 9.50. The van der Waals surface area contributed by atoms with Crippen molar-refractivity contribution in [2.45, 2.75) is 44.2 Å². The van der Waals surface area contributed by atoms with Gasteiger partial charge in [-0.15, -0.1) is 0 Å². The summed E-state index contributed by atoms with van der Waals surface area (Å²) in [7, 11) is 0. The van der Waals surface area contributed by atoms with Crippen molar-refractivity contribution in [3.63, 3.8) is 0 Å². The Morgan fingerprint density at radius 2 is 2.14 bits per heavy atom. The van der Waals surface area contributed by atoms with Crippen molar-refractivity contribution in [1.29, 1.82) is 0 Å². The Morgan fingerprint density at radius 1 is 1.36 bits per heavy atom. The molecule has 2 aliphatic heterocycles. The van der Waals surface area contributed by atoms with E-state index in [0.29, 0.717) is 5.65 Å². The molecule has 2 aromatic heterocycles. The van der Waals surface area contributed by atoms with Crippen LogP contribution >= 0.6 is 0 Å². The SMILES string of the molecule is CC1(C)O[C@@H]2[C@@H](O1)[C@@H](n1cnc3c(=O)[nH]cnc31)O[C@H]2CO. The monoisotopic (exact) mass is 308 g/mol. The molecule has 0 bridgehead atoms. The summed E-state index contributed by atoms with van der Waals surface area (Å²) >= 11 is 0. The molecule has 0 aromatic carbocycles. The summed E-state index contributed by atoms with van der Waals surface area (Å²) in [6.07, 6.45) is 0.937. The molecule has 0 amide bonds. The molecule has 4 rings (SSSR count). The number of imidazole rings is 1. The van der Waals surface area contributed by atoms with Crippen molar-refractivity contribution in [3.05, 3.63) is 23.0 Å². The number of H-pyrrole nitrogens is 1. The lowest BCUT2D eigenvalue weighted by Crippen LogP contribution is -2.31. The number of fused-ring (bicyclic) bond motifs is 2. The lowest BCUT2D eigenvalue weighted by Gasteiger charge is -2.24. The number of ether oxygens (including phenoxy) is 3. The van der Waals surface area contributed by atoms with Gasteiger partial charge in [-0.3, -0.25) is 9.36 Å². The molecule has 4 heterocycles. The molecule has 2 aromatic rings. The first-order chi connectivity index (χ1) is 10.5. The second kappa shape index (κ2) is 4.59. The highest BCUT2D eigenvalue weighted by Crippen LogP contribution is 2.43. The van der Waals surface area contributed by atoms with Gasteiger partial charge in [0.2, 0.25) is 0 Å². The fourth-order valence-corrected chi connectivity index (χ4v) is 3.08. The zero-order valence-electron chi connectivity index (χ0n) is 12.1. The predicted molar refractivity (Wildman–Crippen MR) is 73.0 cm³/mol. The zero-order chi connectivity index (χ0) is 15.5. The lowest BCUT2D eigenvalue weighted by atomic mass is 10.1. The van der Waals surface area contributed by atoms with Gasteiger partial charge in [0.25, 0.3) is 5.56 Å². The molecule has 0 unspecified atom stereocenters. The van der Waals surface area contributed by atoms with E-state index in [-0.39, 0.29) is 23.8 Å². The Hall–Kier alpha value is -1.81. The topological polar surface area (TPSA) is 111 Å². The minimum absolute atomic E-state index is 0.183. The molecule has 118 valence electrons. The number of rotatable bonds is 2. The molecule has 2 aliphatic rings. The van der Waals surface area contributed by atoms with Gasteiger partial charge in [0, 0.05) is 0 Å². The van der Waals surface area contributed by atoms with E-state index in [4.69, 9.17) is 14.2 Å². The van der Waals surface area contributed by atoms with E-state index in [9.17, 15) is 9.90 Å². The van der Waals surface area contributed by atoms with E-state index >= 15 is 0 Å². The van der Waals surface area contributed by atoms with Crippen molar-refractivity contribution < 1.29 is 19.3 Å². The Kier molecular flexibility index (Phi) is 2.89. The van der Waals surface area contributed by atoms with Crippen LogP contribution in [0.25, 0.3) is 11.2 Å².